The number of aliphatic hydroxyl groups excluding tert-OH is 1. The average molecular weight is 446 g/mol. The molecule has 33 heavy (non-hydrogen) atoms. The quantitative estimate of drug-likeness (QED) is 0.390. The molecule has 0 aliphatic rings. The molecule has 0 radical (unpaired) electrons. The molecule has 7 heteroatoms. The van der Waals surface area contributed by atoms with Crippen LogP contribution in [0.1, 0.15) is 21.7 Å². The number of aromatic nitrogens is 2. The topological polar surface area (TPSA) is 85.6 Å². The summed E-state index contributed by atoms with van der Waals surface area (Å²) in [6.45, 7) is 1.09. The minimum Gasteiger partial charge on any atom is -0.493 e. The molecule has 1 heterocycles. The summed E-state index contributed by atoms with van der Waals surface area (Å²) in [6.07, 6.45) is 0.840. The molecule has 4 aromatic rings. The summed E-state index contributed by atoms with van der Waals surface area (Å²) in [4.78, 5) is 17.1. The summed E-state index contributed by atoms with van der Waals surface area (Å²) in [7, 11) is 1.61. The summed E-state index contributed by atoms with van der Waals surface area (Å²) in [5, 5.41) is 11.6. The molecule has 0 aliphatic carbocycles. The molecule has 0 saturated heterocycles. The van der Waals surface area contributed by atoms with Crippen molar-refractivity contribution in [1.82, 2.24) is 14.9 Å². The molecule has 7 nitrogen and oxygen atoms in total. The van der Waals surface area contributed by atoms with Gasteiger partial charge in [0, 0.05) is 18.7 Å². The smallest absolute Gasteiger partial charge is 0.251 e. The maximum atomic E-state index is 12.3. The molecule has 170 valence electrons. The first-order valence-corrected chi connectivity index (χ1v) is 10.9. The van der Waals surface area contributed by atoms with E-state index in [4.69, 9.17) is 19.6 Å². The van der Waals surface area contributed by atoms with E-state index in [2.05, 4.69) is 22.0 Å². The van der Waals surface area contributed by atoms with Crippen LogP contribution >= 0.6 is 0 Å². The molecule has 1 aromatic heterocycles. The zero-order chi connectivity index (χ0) is 23.0. The molecule has 3 aromatic carbocycles. The maximum Gasteiger partial charge on any atom is 0.251 e. The summed E-state index contributed by atoms with van der Waals surface area (Å²) in [5.41, 5.74) is 3.39. The Morgan fingerprint density at radius 3 is 2.55 bits per heavy atom. The molecule has 2 N–H and O–H groups in total. The lowest BCUT2D eigenvalue weighted by molar-refractivity contribution is 0.0945. The maximum absolute atomic E-state index is 12.3. The number of benzene rings is 3. The number of hydrogen-bond acceptors (Lipinski definition) is 5. The van der Waals surface area contributed by atoms with Gasteiger partial charge in [-0.1, -0.05) is 42.5 Å². The minimum absolute atomic E-state index is 0.105. The van der Waals surface area contributed by atoms with Gasteiger partial charge in [0.15, 0.2) is 11.5 Å². The van der Waals surface area contributed by atoms with E-state index < -0.39 is 0 Å². The van der Waals surface area contributed by atoms with Gasteiger partial charge in [-0.15, -0.1) is 0 Å². The van der Waals surface area contributed by atoms with Crippen molar-refractivity contribution in [1.29, 1.82) is 0 Å². The van der Waals surface area contributed by atoms with E-state index in [-0.39, 0.29) is 25.7 Å². The molecule has 0 atom stereocenters. The summed E-state index contributed by atoms with van der Waals surface area (Å²) in [5.74, 6) is 1.83. The Kier molecular flexibility index (Phi) is 7.22. The Bertz CT molecular complexity index is 1220. The standard InChI is InChI=1S/C26H27N3O4/c1-32-23-9-5-6-10-24(23)33-18-25-28-21-17-20(26(31)27-14-16-30)11-12-22(21)29(25)15-13-19-7-3-2-4-8-19/h2-12,17,30H,13-16,18H2,1H3,(H,27,31). The summed E-state index contributed by atoms with van der Waals surface area (Å²) < 4.78 is 13.6. The highest BCUT2D eigenvalue weighted by Crippen LogP contribution is 2.27. The lowest BCUT2D eigenvalue weighted by atomic mass is 10.1. The van der Waals surface area contributed by atoms with Gasteiger partial charge in [0.2, 0.25) is 0 Å². The number of amides is 1. The fourth-order valence-corrected chi connectivity index (χ4v) is 3.72. The number of imidazole rings is 1. The van der Waals surface area contributed by atoms with E-state index in [9.17, 15) is 4.79 Å². The number of para-hydroxylation sites is 2. The fourth-order valence-electron chi connectivity index (χ4n) is 3.72. The predicted octanol–water partition coefficient (Wildman–Crippen LogP) is 3.59. The SMILES string of the molecule is COc1ccccc1OCc1nc2cc(C(=O)NCCO)ccc2n1CCc1ccccc1. The van der Waals surface area contributed by atoms with Crippen LogP contribution in [0, 0.1) is 0 Å². The fraction of sp³-hybridized carbons (Fsp3) is 0.231. The van der Waals surface area contributed by atoms with Crippen molar-refractivity contribution < 1.29 is 19.4 Å². The van der Waals surface area contributed by atoms with Crippen molar-refractivity contribution >= 4 is 16.9 Å². The molecular formula is C26H27N3O4. The van der Waals surface area contributed by atoms with Crippen LogP contribution in [0.15, 0.2) is 72.8 Å². The molecule has 0 saturated carbocycles. The van der Waals surface area contributed by atoms with Crippen molar-refractivity contribution in [2.24, 2.45) is 0 Å². The van der Waals surface area contributed by atoms with E-state index in [1.165, 1.54) is 5.56 Å². The molecule has 0 spiro atoms. The highest BCUT2D eigenvalue weighted by molar-refractivity contribution is 5.97. The number of hydrogen-bond donors (Lipinski definition) is 2. The van der Waals surface area contributed by atoms with Crippen LogP contribution in [0.25, 0.3) is 11.0 Å². The number of fused-ring (bicyclic) bond motifs is 1. The summed E-state index contributed by atoms with van der Waals surface area (Å²) >= 11 is 0. The number of carbonyl (C=O) groups is 1. The van der Waals surface area contributed by atoms with Gasteiger partial charge in [0.25, 0.3) is 5.91 Å². The zero-order valence-corrected chi connectivity index (χ0v) is 18.5. The first-order chi connectivity index (χ1) is 16.2. The molecule has 0 fully saturated rings. The van der Waals surface area contributed by atoms with Crippen molar-refractivity contribution in [2.45, 2.75) is 19.6 Å². The first-order valence-electron chi connectivity index (χ1n) is 10.9. The number of nitrogens with one attached hydrogen (secondary N) is 1. The van der Waals surface area contributed by atoms with Crippen LogP contribution in [0.5, 0.6) is 11.5 Å². The largest absolute Gasteiger partial charge is 0.493 e. The average Bonchev–Trinajstić information content (AvgIpc) is 3.22. The molecule has 4 rings (SSSR count). The monoisotopic (exact) mass is 445 g/mol. The van der Waals surface area contributed by atoms with Crippen LogP contribution < -0.4 is 14.8 Å². The minimum atomic E-state index is -0.239. The van der Waals surface area contributed by atoms with Gasteiger partial charge in [0.05, 0.1) is 24.8 Å². The Morgan fingerprint density at radius 2 is 1.79 bits per heavy atom. The Morgan fingerprint density at radius 1 is 1.03 bits per heavy atom. The van der Waals surface area contributed by atoms with E-state index >= 15 is 0 Å². The zero-order valence-electron chi connectivity index (χ0n) is 18.5. The van der Waals surface area contributed by atoms with E-state index in [1.54, 1.807) is 19.2 Å². The van der Waals surface area contributed by atoms with Gasteiger partial charge in [-0.05, 0) is 42.3 Å². The number of ether oxygens (including phenoxy) is 2. The van der Waals surface area contributed by atoms with Crippen LogP contribution in [-0.2, 0) is 19.6 Å². The molecule has 1 amide bonds. The normalized spacial score (nSPS) is 10.8. The van der Waals surface area contributed by atoms with Gasteiger partial charge in [-0.2, -0.15) is 0 Å². The number of carbonyl (C=O) groups excluding carboxylic acids is 1. The molecular weight excluding hydrogens is 418 g/mol. The first kappa shape index (κ1) is 22.4. The second kappa shape index (κ2) is 10.7. The lowest BCUT2D eigenvalue weighted by Crippen LogP contribution is -2.26. The van der Waals surface area contributed by atoms with Crippen molar-refractivity contribution in [3.05, 3.63) is 89.7 Å². The van der Waals surface area contributed by atoms with E-state index in [0.29, 0.717) is 17.1 Å². The van der Waals surface area contributed by atoms with E-state index in [0.717, 1.165) is 29.8 Å². The number of aryl methyl sites for hydroxylation is 2. The predicted molar refractivity (Wildman–Crippen MR) is 127 cm³/mol. The van der Waals surface area contributed by atoms with Crippen LogP contribution in [-0.4, -0.2) is 40.8 Å². The van der Waals surface area contributed by atoms with Crippen LogP contribution in [0.2, 0.25) is 0 Å². The molecule has 0 aliphatic heterocycles. The number of methoxy groups -OCH3 is 1. The van der Waals surface area contributed by atoms with Crippen molar-refractivity contribution in [3.63, 3.8) is 0 Å². The molecule has 0 unspecified atom stereocenters. The van der Waals surface area contributed by atoms with Gasteiger partial charge in [-0.25, -0.2) is 4.98 Å². The number of rotatable bonds is 10. The van der Waals surface area contributed by atoms with Gasteiger partial charge in [-0.3, -0.25) is 4.79 Å². The Hall–Kier alpha value is -3.84. The Labute approximate surface area is 192 Å². The van der Waals surface area contributed by atoms with Gasteiger partial charge in [0.1, 0.15) is 12.4 Å². The highest BCUT2D eigenvalue weighted by atomic mass is 16.5. The third-order valence-electron chi connectivity index (χ3n) is 5.38. The second-order valence-electron chi connectivity index (χ2n) is 7.54. The Balaban J connectivity index is 1.63. The van der Waals surface area contributed by atoms with Crippen LogP contribution in [0.3, 0.4) is 0 Å². The van der Waals surface area contributed by atoms with Crippen molar-refractivity contribution in [2.75, 3.05) is 20.3 Å². The lowest BCUT2D eigenvalue weighted by Gasteiger charge is -2.12. The third kappa shape index (κ3) is 5.32. The number of nitrogens with zero attached hydrogens (tertiary/aromatic N) is 2. The molecule has 0 bridgehead atoms. The van der Waals surface area contributed by atoms with Crippen LogP contribution in [0.4, 0.5) is 0 Å². The third-order valence-corrected chi connectivity index (χ3v) is 5.38. The second-order valence-corrected chi connectivity index (χ2v) is 7.54. The van der Waals surface area contributed by atoms with Gasteiger partial charge < -0.3 is 24.5 Å². The van der Waals surface area contributed by atoms with Gasteiger partial charge >= 0.3 is 0 Å². The number of aliphatic hydroxyl groups is 1. The highest BCUT2D eigenvalue weighted by Gasteiger charge is 2.15. The summed E-state index contributed by atoms with van der Waals surface area (Å²) in [6, 6.07) is 23.2. The van der Waals surface area contributed by atoms with E-state index in [1.807, 2.05) is 48.5 Å². The van der Waals surface area contributed by atoms with Crippen molar-refractivity contribution in [3.8, 4) is 11.5 Å².